The van der Waals surface area contributed by atoms with Gasteiger partial charge in [-0.3, -0.25) is 9.36 Å². The highest BCUT2D eigenvalue weighted by molar-refractivity contribution is 7.45. The Balaban J connectivity index is 4.03. The summed E-state index contributed by atoms with van der Waals surface area (Å²) in [6.07, 6.45) is 75.1. The molecular weight excluding hydrogens is 936 g/mol. The van der Waals surface area contributed by atoms with Crippen molar-refractivity contribution >= 4 is 13.7 Å². The fourth-order valence-electron chi connectivity index (χ4n) is 9.50. The summed E-state index contributed by atoms with van der Waals surface area (Å²) in [4.78, 5) is 25.5. The summed E-state index contributed by atoms with van der Waals surface area (Å²) < 4.78 is 23.4. The predicted octanol–water partition coefficient (Wildman–Crippen LogP) is 19.2. The van der Waals surface area contributed by atoms with E-state index in [1.165, 1.54) is 244 Å². The maximum absolute atomic E-state index is 13.0. The standard InChI is InChI=1S/C65H125N2O6P/c1-6-8-10-12-14-16-18-20-22-24-25-26-27-28-29-30-31-32-33-34-35-36-37-38-39-40-41-43-45-47-49-51-53-55-57-59-65(69)66-63(62-73-74(70,71)72-61-60-67(3,4)5)64(68)58-56-54-52-50-48-46-44-42-23-21-19-17-15-13-11-9-7-2/h27-28,30-31,48,50,56,58,63-64,68H,6-26,29,32-47,49,51-55,57,59-62H2,1-5H3,(H-,66,69,70,71)/b28-27-,31-30-,50-48+,58-56+. The molecule has 1 amide bonds. The third kappa shape index (κ3) is 58.1. The van der Waals surface area contributed by atoms with Gasteiger partial charge in [0.1, 0.15) is 13.2 Å². The largest absolute Gasteiger partial charge is 0.756 e. The summed E-state index contributed by atoms with van der Waals surface area (Å²) in [6.45, 7) is 4.66. The minimum absolute atomic E-state index is 0.00593. The zero-order valence-electron chi connectivity index (χ0n) is 49.8. The maximum atomic E-state index is 13.0. The van der Waals surface area contributed by atoms with Crippen molar-refractivity contribution in [2.75, 3.05) is 40.9 Å². The first-order chi connectivity index (χ1) is 36.0. The van der Waals surface area contributed by atoms with Crippen molar-refractivity contribution in [1.82, 2.24) is 5.32 Å². The predicted molar refractivity (Wildman–Crippen MR) is 321 cm³/mol. The lowest BCUT2D eigenvalue weighted by Crippen LogP contribution is -2.45. The van der Waals surface area contributed by atoms with Crippen LogP contribution in [0.4, 0.5) is 0 Å². The Morgan fingerprint density at radius 2 is 0.797 bits per heavy atom. The Kier molecular flexibility index (Phi) is 55.0. The molecule has 0 heterocycles. The number of quaternary nitrogens is 1. The summed E-state index contributed by atoms with van der Waals surface area (Å²) in [7, 11) is 1.25. The number of unbranched alkanes of at least 4 members (excludes halogenated alkanes) is 40. The Bertz CT molecular complexity index is 1340. The van der Waals surface area contributed by atoms with Gasteiger partial charge in [0.15, 0.2) is 0 Å². The Labute approximate surface area is 460 Å². The summed E-state index contributed by atoms with van der Waals surface area (Å²) in [5.41, 5.74) is 0. The average molecular weight is 1060 g/mol. The highest BCUT2D eigenvalue weighted by atomic mass is 31.2. The van der Waals surface area contributed by atoms with Crippen LogP contribution in [0.15, 0.2) is 48.6 Å². The van der Waals surface area contributed by atoms with Gasteiger partial charge in [0.05, 0.1) is 39.9 Å². The summed E-state index contributed by atoms with van der Waals surface area (Å²) in [5.74, 6) is -0.204. The Morgan fingerprint density at radius 3 is 1.18 bits per heavy atom. The second-order valence-corrected chi connectivity index (χ2v) is 24.5. The van der Waals surface area contributed by atoms with Crippen LogP contribution in [0, 0.1) is 0 Å². The zero-order valence-corrected chi connectivity index (χ0v) is 50.7. The SMILES string of the molecule is CCCCCCCCCCCCC/C=C\C/C=C\CCCCCCCCCCCCCCCCCCCC(=O)NC(COP(=O)([O-])OCC[N+](C)(C)C)C(O)/C=C/CC/C=C/CCCCCCCCCCCCC. The Hall–Kier alpha value is -1.54. The molecule has 0 aromatic heterocycles. The molecule has 0 aliphatic heterocycles. The van der Waals surface area contributed by atoms with E-state index in [0.29, 0.717) is 17.4 Å². The molecule has 9 heteroatoms. The van der Waals surface area contributed by atoms with Crippen molar-refractivity contribution in [3.05, 3.63) is 48.6 Å². The second kappa shape index (κ2) is 56.2. The lowest BCUT2D eigenvalue weighted by atomic mass is 10.0. The normalized spacial score (nSPS) is 14.1. The number of aliphatic hydroxyl groups is 1. The molecule has 0 aromatic rings. The number of hydrogen-bond donors (Lipinski definition) is 2. The number of amides is 1. The van der Waals surface area contributed by atoms with Gasteiger partial charge in [0.25, 0.3) is 7.82 Å². The number of aliphatic hydroxyl groups excluding tert-OH is 1. The molecule has 0 fully saturated rings. The van der Waals surface area contributed by atoms with Gasteiger partial charge in [0.2, 0.25) is 5.91 Å². The molecule has 436 valence electrons. The molecule has 0 aliphatic rings. The van der Waals surface area contributed by atoms with Crippen LogP contribution in [-0.2, 0) is 18.4 Å². The van der Waals surface area contributed by atoms with Gasteiger partial charge in [-0.1, -0.05) is 287 Å². The average Bonchev–Trinajstić information content (AvgIpc) is 3.36. The fourth-order valence-corrected chi connectivity index (χ4v) is 10.2. The van der Waals surface area contributed by atoms with Gasteiger partial charge < -0.3 is 28.8 Å². The minimum Gasteiger partial charge on any atom is -0.756 e. The van der Waals surface area contributed by atoms with E-state index in [-0.39, 0.29) is 12.5 Å². The van der Waals surface area contributed by atoms with Crippen molar-refractivity contribution in [1.29, 1.82) is 0 Å². The van der Waals surface area contributed by atoms with Gasteiger partial charge in [0, 0.05) is 6.42 Å². The highest BCUT2D eigenvalue weighted by Crippen LogP contribution is 2.38. The molecule has 2 N–H and O–H groups in total. The number of carbonyl (C=O) groups is 1. The first-order valence-electron chi connectivity index (χ1n) is 32.0. The van der Waals surface area contributed by atoms with E-state index < -0.39 is 26.6 Å². The summed E-state index contributed by atoms with van der Waals surface area (Å²) in [6, 6.07) is -0.904. The molecule has 3 atom stereocenters. The third-order valence-corrected chi connectivity index (χ3v) is 15.5. The zero-order chi connectivity index (χ0) is 54.2. The van der Waals surface area contributed by atoms with Crippen molar-refractivity contribution in [2.24, 2.45) is 0 Å². The molecule has 0 radical (unpaired) electrons. The van der Waals surface area contributed by atoms with Crippen LogP contribution >= 0.6 is 7.82 Å². The smallest absolute Gasteiger partial charge is 0.268 e. The lowest BCUT2D eigenvalue weighted by Gasteiger charge is -2.29. The number of phosphoric acid groups is 1. The van der Waals surface area contributed by atoms with E-state index in [0.717, 1.165) is 44.9 Å². The van der Waals surface area contributed by atoms with Crippen LogP contribution in [0.25, 0.3) is 0 Å². The molecule has 0 aromatic carbocycles. The fraction of sp³-hybridized carbons (Fsp3) is 0.862. The number of carbonyl (C=O) groups excluding carboxylic acids is 1. The molecular formula is C65H125N2O6P. The molecule has 0 spiro atoms. The highest BCUT2D eigenvalue weighted by Gasteiger charge is 2.23. The number of rotatable bonds is 59. The van der Waals surface area contributed by atoms with Crippen molar-refractivity contribution in [3.8, 4) is 0 Å². The topological polar surface area (TPSA) is 108 Å². The van der Waals surface area contributed by atoms with E-state index in [1.807, 2.05) is 27.2 Å². The number of hydrogen-bond acceptors (Lipinski definition) is 6. The number of nitrogens with one attached hydrogen (secondary N) is 1. The molecule has 0 saturated carbocycles. The molecule has 0 rings (SSSR count). The molecule has 3 unspecified atom stereocenters. The van der Waals surface area contributed by atoms with Crippen molar-refractivity contribution < 1.29 is 32.9 Å². The van der Waals surface area contributed by atoms with Crippen molar-refractivity contribution in [2.45, 2.75) is 321 Å². The maximum Gasteiger partial charge on any atom is 0.268 e. The second-order valence-electron chi connectivity index (χ2n) is 23.1. The van der Waals surface area contributed by atoms with Crippen LogP contribution in [0.2, 0.25) is 0 Å². The minimum atomic E-state index is -4.61. The third-order valence-electron chi connectivity index (χ3n) is 14.5. The summed E-state index contributed by atoms with van der Waals surface area (Å²) in [5, 5.41) is 13.9. The first kappa shape index (κ1) is 72.5. The van der Waals surface area contributed by atoms with Crippen LogP contribution in [-0.4, -0.2) is 68.5 Å². The van der Waals surface area contributed by atoms with Crippen LogP contribution in [0.1, 0.15) is 309 Å². The number of phosphoric ester groups is 1. The van der Waals surface area contributed by atoms with Gasteiger partial charge in [-0.05, 0) is 64.2 Å². The monoisotopic (exact) mass is 1060 g/mol. The molecule has 0 bridgehead atoms. The lowest BCUT2D eigenvalue weighted by molar-refractivity contribution is -0.870. The van der Waals surface area contributed by atoms with Gasteiger partial charge in [-0.25, -0.2) is 0 Å². The van der Waals surface area contributed by atoms with Gasteiger partial charge >= 0.3 is 0 Å². The van der Waals surface area contributed by atoms with Crippen LogP contribution in [0.5, 0.6) is 0 Å². The van der Waals surface area contributed by atoms with E-state index in [1.54, 1.807) is 6.08 Å². The van der Waals surface area contributed by atoms with Crippen LogP contribution in [0.3, 0.4) is 0 Å². The number of likely N-dealkylation sites (N-methyl/N-ethyl adjacent to an activating group) is 1. The molecule has 0 saturated heterocycles. The van der Waals surface area contributed by atoms with E-state index in [4.69, 9.17) is 9.05 Å². The van der Waals surface area contributed by atoms with Gasteiger partial charge in [-0.15, -0.1) is 0 Å². The van der Waals surface area contributed by atoms with Gasteiger partial charge in [-0.2, -0.15) is 0 Å². The number of allylic oxidation sites excluding steroid dienone is 7. The molecule has 0 aliphatic carbocycles. The van der Waals surface area contributed by atoms with E-state index in [9.17, 15) is 19.4 Å². The van der Waals surface area contributed by atoms with Crippen molar-refractivity contribution in [3.63, 3.8) is 0 Å². The van der Waals surface area contributed by atoms with Crippen LogP contribution < -0.4 is 10.2 Å². The quantitative estimate of drug-likeness (QED) is 0.0272. The first-order valence-corrected chi connectivity index (χ1v) is 33.5. The Morgan fingerprint density at radius 1 is 0.473 bits per heavy atom. The molecule has 74 heavy (non-hydrogen) atoms. The number of nitrogens with zero attached hydrogens (tertiary/aromatic N) is 1. The molecule has 8 nitrogen and oxygen atoms in total. The van der Waals surface area contributed by atoms with E-state index in [2.05, 4.69) is 55.6 Å². The van der Waals surface area contributed by atoms with E-state index >= 15 is 0 Å². The summed E-state index contributed by atoms with van der Waals surface area (Å²) >= 11 is 0.